The molecule has 1 unspecified atom stereocenters. The highest BCUT2D eigenvalue weighted by atomic mass is 16.5. The van der Waals surface area contributed by atoms with Crippen molar-refractivity contribution in [3.63, 3.8) is 0 Å². The molecular formula is C48H30N4O. The van der Waals surface area contributed by atoms with Gasteiger partial charge >= 0.3 is 0 Å². The largest absolute Gasteiger partial charge is 0.456 e. The van der Waals surface area contributed by atoms with Crippen LogP contribution in [0.4, 0.5) is 0 Å². The van der Waals surface area contributed by atoms with Crippen molar-refractivity contribution >= 4 is 66.5 Å². The van der Waals surface area contributed by atoms with Gasteiger partial charge < -0.3 is 9.30 Å². The maximum absolute atomic E-state index is 6.32. The standard InChI is InChI=1S/C48H30N4O/c1-2-12-32(13-3-1)51-40-18-8-6-15-34(40)37-27-30(22-25-41(37)51)31-23-26-42-38(28-31)35-24-21-29-11-4-5-14-33(29)47(35)52(42)48-49-39-17-10-20-44-45(39)46(50-48)36-16-7-9-19-43(36)53-44/h1-21,23-28,30H,22H2. The average molecular weight is 679 g/mol. The Morgan fingerprint density at radius 1 is 0.585 bits per heavy atom. The summed E-state index contributed by atoms with van der Waals surface area (Å²) in [5.74, 6) is 2.49. The van der Waals surface area contributed by atoms with Crippen molar-refractivity contribution in [1.29, 1.82) is 0 Å². The van der Waals surface area contributed by atoms with Crippen LogP contribution < -0.4 is 15.3 Å². The predicted octanol–water partition coefficient (Wildman–Crippen LogP) is 10.3. The fourth-order valence-corrected chi connectivity index (χ4v) is 8.88. The normalized spacial score (nSPS) is 14.6. The summed E-state index contributed by atoms with van der Waals surface area (Å²) in [4.78, 5) is 10.6. The number of hydrogen-bond acceptors (Lipinski definition) is 3. The number of hydrogen-bond donors (Lipinski definition) is 0. The molecule has 4 heterocycles. The van der Waals surface area contributed by atoms with Crippen molar-refractivity contribution < 1.29 is 4.74 Å². The SMILES string of the molecule is C1=c2c(n(-c3ccccc3)c3ccccc23)=CCC1c1ccc2c(c1)c1ccc3ccccc3c1n2-c1nc2c3c(cccc3n1)Oc1ccccc1-2. The van der Waals surface area contributed by atoms with Crippen molar-refractivity contribution in [1.82, 2.24) is 19.1 Å². The topological polar surface area (TPSA) is 44.9 Å². The highest BCUT2D eigenvalue weighted by molar-refractivity contribution is 6.18. The number of benzene rings is 7. The van der Waals surface area contributed by atoms with Gasteiger partial charge in [0.2, 0.25) is 5.95 Å². The highest BCUT2D eigenvalue weighted by Crippen LogP contribution is 2.46. The first-order valence-electron chi connectivity index (χ1n) is 18.2. The Hall–Kier alpha value is -6.98. The molecule has 0 fully saturated rings. The molecule has 1 aliphatic carbocycles. The smallest absolute Gasteiger partial charge is 0.235 e. The monoisotopic (exact) mass is 678 g/mol. The van der Waals surface area contributed by atoms with E-state index < -0.39 is 0 Å². The average Bonchev–Trinajstić information content (AvgIpc) is 3.74. The molecule has 248 valence electrons. The molecule has 0 saturated heterocycles. The van der Waals surface area contributed by atoms with Crippen LogP contribution in [0.3, 0.4) is 0 Å². The molecule has 7 aromatic carbocycles. The molecule has 0 radical (unpaired) electrons. The van der Waals surface area contributed by atoms with Crippen LogP contribution in [0.2, 0.25) is 0 Å². The molecule has 0 spiro atoms. The Labute approximate surface area is 304 Å². The van der Waals surface area contributed by atoms with Crippen LogP contribution in [0.5, 0.6) is 11.5 Å². The van der Waals surface area contributed by atoms with Gasteiger partial charge in [-0.2, -0.15) is 0 Å². The molecule has 3 aromatic heterocycles. The number of ether oxygens (including phenoxy) is 1. The Bertz CT molecular complexity index is 3300. The lowest BCUT2D eigenvalue weighted by Gasteiger charge is -2.21. The van der Waals surface area contributed by atoms with Gasteiger partial charge in [0.25, 0.3) is 0 Å². The van der Waals surface area contributed by atoms with Gasteiger partial charge in [-0.05, 0) is 72.0 Å². The molecule has 0 N–H and O–H groups in total. The van der Waals surface area contributed by atoms with E-state index in [4.69, 9.17) is 14.7 Å². The first-order valence-corrected chi connectivity index (χ1v) is 18.2. The minimum Gasteiger partial charge on any atom is -0.456 e. The van der Waals surface area contributed by atoms with Crippen LogP contribution in [0, 0.1) is 0 Å². The zero-order chi connectivity index (χ0) is 34.6. The summed E-state index contributed by atoms with van der Waals surface area (Å²) in [5.41, 5.74) is 8.66. The lowest BCUT2D eigenvalue weighted by Crippen LogP contribution is -2.31. The Balaban J connectivity index is 1.10. The molecule has 0 saturated carbocycles. The van der Waals surface area contributed by atoms with Gasteiger partial charge in [-0.25, -0.2) is 9.97 Å². The minimum absolute atomic E-state index is 0.233. The molecule has 53 heavy (non-hydrogen) atoms. The molecule has 2 aliphatic rings. The second-order valence-corrected chi connectivity index (χ2v) is 14.1. The number of aromatic nitrogens is 4. The van der Waals surface area contributed by atoms with Gasteiger partial charge in [0.15, 0.2) is 0 Å². The maximum Gasteiger partial charge on any atom is 0.235 e. The summed E-state index contributed by atoms with van der Waals surface area (Å²) in [5, 5.41) is 9.55. The van der Waals surface area contributed by atoms with Crippen molar-refractivity contribution in [3.8, 4) is 34.4 Å². The summed E-state index contributed by atoms with van der Waals surface area (Å²) in [6, 6.07) is 53.8. The van der Waals surface area contributed by atoms with Crippen molar-refractivity contribution in [2.24, 2.45) is 0 Å². The van der Waals surface area contributed by atoms with E-state index in [-0.39, 0.29) is 5.92 Å². The summed E-state index contributed by atoms with van der Waals surface area (Å²) in [6.45, 7) is 0. The molecular weight excluding hydrogens is 649 g/mol. The van der Waals surface area contributed by atoms with E-state index in [1.165, 1.54) is 54.3 Å². The lowest BCUT2D eigenvalue weighted by molar-refractivity contribution is 0.486. The van der Waals surface area contributed by atoms with Gasteiger partial charge in [0.1, 0.15) is 11.5 Å². The molecule has 1 aliphatic heterocycles. The highest BCUT2D eigenvalue weighted by Gasteiger charge is 2.26. The van der Waals surface area contributed by atoms with Gasteiger partial charge in [-0.1, -0.05) is 109 Å². The third-order valence-corrected chi connectivity index (χ3v) is 11.2. The zero-order valence-electron chi connectivity index (χ0n) is 28.6. The van der Waals surface area contributed by atoms with Gasteiger partial charge in [-0.3, -0.25) is 4.57 Å². The predicted molar refractivity (Wildman–Crippen MR) is 216 cm³/mol. The van der Waals surface area contributed by atoms with E-state index in [1.54, 1.807) is 0 Å². The second kappa shape index (κ2) is 10.8. The van der Waals surface area contributed by atoms with Crippen LogP contribution >= 0.6 is 0 Å². The van der Waals surface area contributed by atoms with Crippen molar-refractivity contribution in [3.05, 3.63) is 168 Å². The molecule has 12 rings (SSSR count). The first-order chi connectivity index (χ1) is 26.3. The Kier molecular flexibility index (Phi) is 5.83. The fraction of sp³-hybridized carbons (Fsp3) is 0.0417. The quantitative estimate of drug-likeness (QED) is 0.187. The van der Waals surface area contributed by atoms with Crippen molar-refractivity contribution in [2.45, 2.75) is 12.3 Å². The molecule has 0 amide bonds. The molecule has 5 heteroatoms. The number of rotatable bonds is 3. The fourth-order valence-electron chi connectivity index (χ4n) is 8.88. The van der Waals surface area contributed by atoms with Crippen LogP contribution in [-0.4, -0.2) is 19.1 Å². The maximum atomic E-state index is 6.32. The zero-order valence-corrected chi connectivity index (χ0v) is 28.6. The van der Waals surface area contributed by atoms with Crippen LogP contribution in [0.15, 0.2) is 152 Å². The Morgan fingerprint density at radius 3 is 2.32 bits per heavy atom. The summed E-state index contributed by atoms with van der Waals surface area (Å²) in [6.07, 6.45) is 5.84. The van der Waals surface area contributed by atoms with Gasteiger partial charge in [0.05, 0.1) is 33.1 Å². The van der Waals surface area contributed by atoms with Crippen LogP contribution in [-0.2, 0) is 0 Å². The third-order valence-electron chi connectivity index (χ3n) is 11.2. The number of para-hydroxylation sites is 3. The lowest BCUT2D eigenvalue weighted by atomic mass is 9.90. The Morgan fingerprint density at radius 2 is 1.38 bits per heavy atom. The van der Waals surface area contributed by atoms with Crippen LogP contribution in [0.1, 0.15) is 17.9 Å². The number of fused-ring (bicyclic) bond motifs is 10. The van der Waals surface area contributed by atoms with Gasteiger partial charge in [-0.15, -0.1) is 0 Å². The number of nitrogens with zero attached hydrogens (tertiary/aromatic N) is 4. The first kappa shape index (κ1) is 28.7. The van der Waals surface area contributed by atoms with E-state index in [2.05, 4.69) is 143 Å². The molecule has 1 atom stereocenters. The summed E-state index contributed by atoms with van der Waals surface area (Å²) >= 11 is 0. The summed E-state index contributed by atoms with van der Waals surface area (Å²) in [7, 11) is 0. The molecule has 0 bridgehead atoms. The van der Waals surface area contributed by atoms with Crippen LogP contribution in [0.25, 0.3) is 89.4 Å². The van der Waals surface area contributed by atoms with E-state index in [0.717, 1.165) is 51.1 Å². The second-order valence-electron chi connectivity index (χ2n) is 14.1. The van der Waals surface area contributed by atoms with E-state index in [1.807, 2.05) is 30.3 Å². The van der Waals surface area contributed by atoms with Crippen molar-refractivity contribution in [2.75, 3.05) is 0 Å². The molecule has 5 nitrogen and oxygen atoms in total. The molecule has 10 aromatic rings. The third kappa shape index (κ3) is 4.07. The van der Waals surface area contributed by atoms with E-state index >= 15 is 0 Å². The van der Waals surface area contributed by atoms with Gasteiger partial charge in [0, 0.05) is 49.3 Å². The summed E-state index contributed by atoms with van der Waals surface area (Å²) < 4.78 is 11.0. The van der Waals surface area contributed by atoms with E-state index in [0.29, 0.717) is 5.95 Å². The minimum atomic E-state index is 0.233. The van der Waals surface area contributed by atoms with E-state index in [9.17, 15) is 0 Å².